The lowest BCUT2D eigenvalue weighted by molar-refractivity contribution is -0.386. The average molecular weight is 370 g/mol. The number of hydrogen-bond donors (Lipinski definition) is 0. The van der Waals surface area contributed by atoms with E-state index in [4.69, 9.17) is 9.47 Å². The van der Waals surface area contributed by atoms with Crippen molar-refractivity contribution in [3.05, 3.63) is 64.2 Å². The molecule has 3 rings (SSSR count). The van der Waals surface area contributed by atoms with Crippen molar-refractivity contribution >= 4 is 11.6 Å². The lowest BCUT2D eigenvalue weighted by Gasteiger charge is -2.30. The van der Waals surface area contributed by atoms with E-state index in [1.807, 2.05) is 18.2 Å². The van der Waals surface area contributed by atoms with Crippen molar-refractivity contribution < 1.29 is 19.2 Å². The van der Waals surface area contributed by atoms with Crippen LogP contribution in [0.3, 0.4) is 0 Å². The molecule has 1 aliphatic rings. The molecule has 7 heteroatoms. The summed E-state index contributed by atoms with van der Waals surface area (Å²) < 4.78 is 11.0. The molecule has 1 saturated heterocycles. The van der Waals surface area contributed by atoms with E-state index < -0.39 is 11.0 Å². The van der Waals surface area contributed by atoms with Crippen LogP contribution in [0.25, 0.3) is 0 Å². The van der Waals surface area contributed by atoms with Crippen LogP contribution in [0.15, 0.2) is 48.5 Å². The molecule has 0 N–H and O–H groups in total. The van der Waals surface area contributed by atoms with Gasteiger partial charge in [-0.3, -0.25) is 14.9 Å². The quantitative estimate of drug-likeness (QED) is 0.571. The molecular weight excluding hydrogens is 348 g/mol. The number of piperidine rings is 1. The van der Waals surface area contributed by atoms with Crippen LogP contribution in [0.2, 0.25) is 0 Å². The van der Waals surface area contributed by atoms with Crippen LogP contribution < -0.4 is 9.47 Å². The zero-order valence-corrected chi connectivity index (χ0v) is 15.2. The number of hydrogen-bond acceptors (Lipinski definition) is 5. The van der Waals surface area contributed by atoms with Crippen molar-refractivity contribution in [2.75, 3.05) is 20.2 Å². The maximum atomic E-state index is 13.1. The maximum Gasteiger partial charge on any atom is 0.314 e. The zero-order valence-electron chi connectivity index (χ0n) is 15.2. The fourth-order valence-corrected chi connectivity index (χ4v) is 3.16. The lowest BCUT2D eigenvalue weighted by atomic mass is 10.1. The molecule has 0 aliphatic carbocycles. The number of likely N-dealkylation sites (tertiary alicyclic amines) is 1. The number of nitro groups is 1. The van der Waals surface area contributed by atoms with Gasteiger partial charge in [0.1, 0.15) is 5.75 Å². The van der Waals surface area contributed by atoms with Crippen LogP contribution in [0.5, 0.6) is 11.5 Å². The molecule has 7 nitrogen and oxygen atoms in total. The highest BCUT2D eigenvalue weighted by Crippen LogP contribution is 2.35. The average Bonchev–Trinajstić information content (AvgIpc) is 2.72. The largest absolute Gasteiger partial charge is 0.496 e. The Balaban J connectivity index is 1.94. The minimum absolute atomic E-state index is 0.0417. The number of rotatable bonds is 6. The van der Waals surface area contributed by atoms with Gasteiger partial charge in [0.15, 0.2) is 5.75 Å². The number of amides is 1. The Morgan fingerprint density at radius 1 is 1.11 bits per heavy atom. The van der Waals surface area contributed by atoms with E-state index in [1.54, 1.807) is 23.1 Å². The summed E-state index contributed by atoms with van der Waals surface area (Å²) in [7, 11) is 1.44. The molecule has 1 heterocycles. The summed E-state index contributed by atoms with van der Waals surface area (Å²) in [6, 6.07) is 13.4. The second-order valence-electron chi connectivity index (χ2n) is 6.39. The first-order valence-electron chi connectivity index (χ1n) is 8.93. The van der Waals surface area contributed by atoms with E-state index in [0.717, 1.165) is 19.3 Å². The summed E-state index contributed by atoms with van der Waals surface area (Å²) in [5.74, 6) is 0.221. The topological polar surface area (TPSA) is 81.9 Å². The van der Waals surface area contributed by atoms with Crippen LogP contribution in [-0.4, -0.2) is 35.9 Å². The Morgan fingerprint density at radius 2 is 1.81 bits per heavy atom. The molecule has 27 heavy (non-hydrogen) atoms. The van der Waals surface area contributed by atoms with E-state index in [9.17, 15) is 14.9 Å². The van der Waals surface area contributed by atoms with Gasteiger partial charge in [-0.15, -0.1) is 0 Å². The van der Waals surface area contributed by atoms with E-state index in [2.05, 4.69) is 0 Å². The van der Waals surface area contributed by atoms with Crippen LogP contribution >= 0.6 is 0 Å². The van der Waals surface area contributed by atoms with Gasteiger partial charge in [-0.1, -0.05) is 30.3 Å². The van der Waals surface area contributed by atoms with Crippen molar-refractivity contribution in [2.45, 2.75) is 25.4 Å². The van der Waals surface area contributed by atoms with Crippen molar-refractivity contribution in [3.8, 4) is 11.5 Å². The van der Waals surface area contributed by atoms with Gasteiger partial charge in [-0.2, -0.15) is 0 Å². The third-order valence-electron chi connectivity index (χ3n) is 4.60. The molecule has 0 spiro atoms. The summed E-state index contributed by atoms with van der Waals surface area (Å²) in [6.45, 7) is 1.35. The molecule has 1 amide bonds. The fraction of sp³-hybridized carbons (Fsp3) is 0.350. The van der Waals surface area contributed by atoms with Gasteiger partial charge in [-0.05, 0) is 31.4 Å². The Bertz CT molecular complexity index is 803. The fourth-order valence-electron chi connectivity index (χ4n) is 3.16. The van der Waals surface area contributed by atoms with Gasteiger partial charge in [0.2, 0.25) is 6.10 Å². The number of ether oxygens (including phenoxy) is 2. The number of nitro benzene ring substituents is 1. The van der Waals surface area contributed by atoms with E-state index in [1.165, 1.54) is 19.2 Å². The monoisotopic (exact) mass is 370 g/mol. The second-order valence-corrected chi connectivity index (χ2v) is 6.39. The second kappa shape index (κ2) is 8.53. The molecule has 1 fully saturated rings. The van der Waals surface area contributed by atoms with Gasteiger partial charge in [0.25, 0.3) is 5.91 Å². The normalized spacial score (nSPS) is 15.1. The highest BCUT2D eigenvalue weighted by Gasteiger charge is 2.31. The first-order chi connectivity index (χ1) is 13.1. The summed E-state index contributed by atoms with van der Waals surface area (Å²) in [5, 5.41) is 11.5. The van der Waals surface area contributed by atoms with Gasteiger partial charge >= 0.3 is 5.69 Å². The molecule has 2 aromatic rings. The Kier molecular flexibility index (Phi) is 5.90. The molecule has 0 aromatic heterocycles. The number of carbonyl (C=O) groups is 1. The standard InChI is InChI=1S/C20H22N2O5/c1-26-16-10-11-18(17(14-16)22(24)25)27-19(15-8-4-2-5-9-15)20(23)21-12-6-3-7-13-21/h2,4-5,8-11,14,19H,3,6-7,12-13H2,1H3/t19-/m0/s1. The molecule has 142 valence electrons. The Morgan fingerprint density at radius 3 is 2.44 bits per heavy atom. The molecule has 0 radical (unpaired) electrons. The molecule has 2 aromatic carbocycles. The van der Waals surface area contributed by atoms with E-state index in [0.29, 0.717) is 24.4 Å². The SMILES string of the molecule is COc1ccc(O[C@H](C(=O)N2CCCCC2)c2ccccc2)c([N+](=O)[O-])c1. The first-order valence-corrected chi connectivity index (χ1v) is 8.93. The third-order valence-corrected chi connectivity index (χ3v) is 4.60. The Hall–Kier alpha value is -3.09. The van der Waals surface area contributed by atoms with E-state index >= 15 is 0 Å². The van der Waals surface area contributed by atoms with Gasteiger partial charge in [-0.25, -0.2) is 0 Å². The van der Waals surface area contributed by atoms with Crippen molar-refractivity contribution in [2.24, 2.45) is 0 Å². The predicted octanol–water partition coefficient (Wildman–Crippen LogP) is 3.74. The number of carbonyl (C=O) groups excluding carboxylic acids is 1. The Labute approximate surface area is 157 Å². The maximum absolute atomic E-state index is 13.1. The number of methoxy groups -OCH3 is 1. The highest BCUT2D eigenvalue weighted by molar-refractivity contribution is 5.83. The zero-order chi connectivity index (χ0) is 19.2. The molecular formula is C20H22N2O5. The smallest absolute Gasteiger partial charge is 0.314 e. The first kappa shape index (κ1) is 18.7. The summed E-state index contributed by atoms with van der Waals surface area (Å²) in [5.41, 5.74) is 0.430. The molecule has 0 bridgehead atoms. The third kappa shape index (κ3) is 4.36. The summed E-state index contributed by atoms with van der Waals surface area (Å²) >= 11 is 0. The van der Waals surface area contributed by atoms with Crippen molar-refractivity contribution in [1.82, 2.24) is 4.90 Å². The predicted molar refractivity (Wildman–Crippen MR) is 99.9 cm³/mol. The van der Waals surface area contributed by atoms with Crippen molar-refractivity contribution in [1.29, 1.82) is 0 Å². The van der Waals surface area contributed by atoms with Gasteiger partial charge in [0, 0.05) is 18.7 Å². The minimum Gasteiger partial charge on any atom is -0.496 e. The van der Waals surface area contributed by atoms with Crippen LogP contribution in [0, 0.1) is 10.1 Å². The highest BCUT2D eigenvalue weighted by atomic mass is 16.6. The molecule has 1 atom stereocenters. The number of nitrogens with zero attached hydrogens (tertiary/aromatic N) is 2. The number of benzene rings is 2. The van der Waals surface area contributed by atoms with Crippen LogP contribution in [-0.2, 0) is 4.79 Å². The molecule has 0 saturated carbocycles. The van der Waals surface area contributed by atoms with Gasteiger partial charge < -0.3 is 14.4 Å². The van der Waals surface area contributed by atoms with Crippen LogP contribution in [0.1, 0.15) is 30.9 Å². The van der Waals surface area contributed by atoms with Crippen LogP contribution in [0.4, 0.5) is 5.69 Å². The lowest BCUT2D eigenvalue weighted by Crippen LogP contribution is -2.40. The summed E-state index contributed by atoms with van der Waals surface area (Å²) in [4.78, 5) is 25.8. The van der Waals surface area contributed by atoms with Crippen molar-refractivity contribution in [3.63, 3.8) is 0 Å². The van der Waals surface area contributed by atoms with E-state index in [-0.39, 0.29) is 17.3 Å². The summed E-state index contributed by atoms with van der Waals surface area (Å²) in [6.07, 6.45) is 2.08. The molecule has 1 aliphatic heterocycles. The minimum atomic E-state index is -0.934. The van der Waals surface area contributed by atoms with Gasteiger partial charge in [0.05, 0.1) is 18.1 Å². The molecule has 0 unspecified atom stereocenters.